The van der Waals surface area contributed by atoms with Crippen molar-refractivity contribution in [2.75, 3.05) is 18.7 Å². The van der Waals surface area contributed by atoms with Crippen LogP contribution in [0.3, 0.4) is 0 Å². The van der Waals surface area contributed by atoms with Crippen molar-refractivity contribution in [1.29, 1.82) is 0 Å². The Morgan fingerprint density at radius 1 is 1.53 bits per heavy atom. The summed E-state index contributed by atoms with van der Waals surface area (Å²) < 4.78 is 5.17. The van der Waals surface area contributed by atoms with Crippen LogP contribution in [0.2, 0.25) is 0 Å². The molecule has 6 heteroatoms. The van der Waals surface area contributed by atoms with Gasteiger partial charge in [0.25, 0.3) is 0 Å². The number of rotatable bonds is 4. The highest BCUT2D eigenvalue weighted by Gasteiger charge is 2.19. The number of nitrogens with one attached hydrogen (secondary N) is 1. The second-order valence-electron chi connectivity index (χ2n) is 5.02. The number of amides is 2. The van der Waals surface area contributed by atoms with E-state index in [1.54, 1.807) is 26.0 Å². The minimum absolute atomic E-state index is 0.105. The van der Waals surface area contributed by atoms with Gasteiger partial charge in [0.05, 0.1) is 12.7 Å². The maximum atomic E-state index is 11.9. The maximum Gasteiger partial charge on any atom is 0.336 e. The van der Waals surface area contributed by atoms with E-state index >= 15 is 0 Å². The topological polar surface area (TPSA) is 87.8 Å². The van der Waals surface area contributed by atoms with E-state index in [2.05, 4.69) is 5.32 Å². The normalized spacial score (nSPS) is 11.1. The van der Waals surface area contributed by atoms with Gasteiger partial charge in [0.2, 0.25) is 0 Å². The molecule has 0 heterocycles. The lowest BCUT2D eigenvalue weighted by molar-refractivity contribution is 0.0823. The summed E-state index contributed by atoms with van der Waals surface area (Å²) in [5.74, 6) is 6.28. The van der Waals surface area contributed by atoms with Gasteiger partial charge in [-0.3, -0.25) is 0 Å². The molecule has 0 spiro atoms. The number of benzene rings is 1. The first-order valence-electron chi connectivity index (χ1n) is 5.94. The zero-order chi connectivity index (χ0) is 14.6. The molecule has 0 aliphatic carbocycles. The third-order valence-corrected chi connectivity index (χ3v) is 2.48. The lowest BCUT2D eigenvalue weighted by Crippen LogP contribution is -2.49. The number of hydrogen-bond donors (Lipinski definition) is 3. The van der Waals surface area contributed by atoms with Crippen LogP contribution in [0.25, 0.3) is 0 Å². The van der Waals surface area contributed by atoms with Crippen LogP contribution < -0.4 is 20.9 Å². The molecular weight excluding hydrogens is 246 g/mol. The first-order valence-corrected chi connectivity index (χ1v) is 5.94. The van der Waals surface area contributed by atoms with Gasteiger partial charge in [-0.15, -0.1) is 0 Å². The number of nitrogens with zero attached hydrogens (tertiary/aromatic N) is 1. The summed E-state index contributed by atoms with van der Waals surface area (Å²) in [6.07, 6.45) is 0. The van der Waals surface area contributed by atoms with Crippen molar-refractivity contribution in [3.05, 3.63) is 23.8 Å². The van der Waals surface area contributed by atoms with E-state index < -0.39 is 11.6 Å². The van der Waals surface area contributed by atoms with Gasteiger partial charge in [-0.05, 0) is 38.5 Å². The van der Waals surface area contributed by atoms with Gasteiger partial charge in [-0.1, -0.05) is 6.07 Å². The summed E-state index contributed by atoms with van der Waals surface area (Å²) >= 11 is 0. The number of urea groups is 1. The van der Waals surface area contributed by atoms with Crippen LogP contribution in [0.1, 0.15) is 19.4 Å². The van der Waals surface area contributed by atoms with Gasteiger partial charge >= 0.3 is 6.03 Å². The number of aliphatic hydroxyl groups is 1. The second-order valence-corrected chi connectivity index (χ2v) is 5.02. The Morgan fingerprint density at radius 2 is 2.16 bits per heavy atom. The van der Waals surface area contributed by atoms with Crippen molar-refractivity contribution in [1.82, 2.24) is 5.32 Å². The molecular formula is C13H21N3O3. The van der Waals surface area contributed by atoms with Crippen LogP contribution in [0.5, 0.6) is 5.75 Å². The predicted molar refractivity (Wildman–Crippen MR) is 74.1 cm³/mol. The molecule has 0 aromatic heterocycles. The second kappa shape index (κ2) is 5.90. The summed E-state index contributed by atoms with van der Waals surface area (Å²) in [6.45, 7) is 5.20. The molecule has 1 rings (SSSR count). The minimum Gasteiger partial charge on any atom is -0.495 e. The molecule has 0 unspecified atom stereocenters. The Kier molecular flexibility index (Phi) is 4.74. The van der Waals surface area contributed by atoms with Crippen molar-refractivity contribution >= 4 is 11.7 Å². The first-order chi connectivity index (χ1) is 8.74. The number of carbonyl (C=O) groups excluding carboxylic acids is 1. The predicted octanol–water partition coefficient (Wildman–Crippen LogP) is 1.16. The molecule has 0 aliphatic rings. The van der Waals surface area contributed by atoms with Crippen molar-refractivity contribution in [3.8, 4) is 5.75 Å². The number of aryl methyl sites for hydroxylation is 1. The number of ether oxygens (including phenoxy) is 1. The number of hydrogen-bond acceptors (Lipinski definition) is 4. The van der Waals surface area contributed by atoms with Crippen LogP contribution >= 0.6 is 0 Å². The summed E-state index contributed by atoms with van der Waals surface area (Å²) in [5, 5.41) is 13.1. The van der Waals surface area contributed by atoms with Gasteiger partial charge < -0.3 is 15.2 Å². The third kappa shape index (κ3) is 4.42. The monoisotopic (exact) mass is 267 g/mol. The van der Waals surface area contributed by atoms with E-state index in [1.165, 1.54) is 7.11 Å². The number of nitrogens with two attached hydrogens (primary N) is 1. The molecule has 6 nitrogen and oxygen atoms in total. The van der Waals surface area contributed by atoms with Gasteiger partial charge in [-0.25, -0.2) is 15.6 Å². The van der Waals surface area contributed by atoms with Crippen molar-refractivity contribution in [3.63, 3.8) is 0 Å². The van der Waals surface area contributed by atoms with Crippen LogP contribution in [0, 0.1) is 6.92 Å². The van der Waals surface area contributed by atoms with Crippen LogP contribution in [-0.4, -0.2) is 30.4 Å². The van der Waals surface area contributed by atoms with Gasteiger partial charge in [0, 0.05) is 6.54 Å². The number of anilines is 1. The Labute approximate surface area is 113 Å². The fourth-order valence-electron chi connectivity index (χ4n) is 1.47. The summed E-state index contributed by atoms with van der Waals surface area (Å²) in [4.78, 5) is 11.9. The molecule has 0 aliphatic heterocycles. The lowest BCUT2D eigenvalue weighted by Gasteiger charge is -2.23. The fraction of sp³-hybridized carbons (Fsp3) is 0.462. The average Bonchev–Trinajstić information content (AvgIpc) is 2.34. The molecule has 0 radical (unpaired) electrons. The maximum absolute atomic E-state index is 11.9. The SMILES string of the molecule is COc1ccc(C)cc1N(N)C(=O)NCC(C)(C)O. The van der Waals surface area contributed by atoms with Gasteiger partial charge in [0.15, 0.2) is 0 Å². The highest BCUT2D eigenvalue weighted by Crippen LogP contribution is 2.27. The van der Waals surface area contributed by atoms with Crippen molar-refractivity contribution < 1.29 is 14.6 Å². The van der Waals surface area contributed by atoms with Crippen molar-refractivity contribution in [2.24, 2.45) is 5.84 Å². The molecule has 0 fully saturated rings. The largest absolute Gasteiger partial charge is 0.495 e. The Bertz CT molecular complexity index is 455. The van der Waals surface area contributed by atoms with Gasteiger partial charge in [-0.2, -0.15) is 0 Å². The molecule has 1 aromatic carbocycles. The fourth-order valence-corrected chi connectivity index (χ4v) is 1.47. The highest BCUT2D eigenvalue weighted by atomic mass is 16.5. The average molecular weight is 267 g/mol. The molecule has 0 atom stereocenters. The number of hydrazine groups is 1. The van der Waals surface area contributed by atoms with Gasteiger partial charge in [0.1, 0.15) is 11.4 Å². The Morgan fingerprint density at radius 3 is 2.68 bits per heavy atom. The Hall–Kier alpha value is -1.79. The molecule has 0 saturated heterocycles. The van der Waals surface area contributed by atoms with E-state index in [9.17, 15) is 9.90 Å². The van der Waals surface area contributed by atoms with E-state index in [1.807, 2.05) is 13.0 Å². The van der Waals surface area contributed by atoms with Crippen LogP contribution in [-0.2, 0) is 0 Å². The zero-order valence-corrected chi connectivity index (χ0v) is 11.7. The highest BCUT2D eigenvalue weighted by molar-refractivity contribution is 5.92. The quantitative estimate of drug-likeness (QED) is 0.434. The third-order valence-electron chi connectivity index (χ3n) is 2.48. The van der Waals surface area contributed by atoms with E-state index in [-0.39, 0.29) is 6.54 Å². The van der Waals surface area contributed by atoms with Crippen molar-refractivity contribution in [2.45, 2.75) is 26.4 Å². The first kappa shape index (κ1) is 15.3. The van der Waals surface area contributed by atoms with E-state index in [0.717, 1.165) is 10.6 Å². The molecule has 2 amide bonds. The van der Waals surface area contributed by atoms with Crippen LogP contribution in [0.15, 0.2) is 18.2 Å². The van der Waals surface area contributed by atoms with E-state index in [0.29, 0.717) is 11.4 Å². The Balaban J connectivity index is 2.84. The molecule has 0 saturated carbocycles. The zero-order valence-electron chi connectivity index (χ0n) is 11.7. The molecule has 106 valence electrons. The summed E-state index contributed by atoms with van der Waals surface area (Å²) in [5.41, 5.74) is 0.435. The minimum atomic E-state index is -0.993. The molecule has 4 N–H and O–H groups in total. The lowest BCUT2D eigenvalue weighted by atomic mass is 10.1. The number of carbonyl (C=O) groups is 1. The molecule has 19 heavy (non-hydrogen) atoms. The van der Waals surface area contributed by atoms with E-state index in [4.69, 9.17) is 10.6 Å². The molecule has 0 bridgehead atoms. The van der Waals surface area contributed by atoms with Crippen LogP contribution in [0.4, 0.5) is 10.5 Å². The molecule has 1 aromatic rings. The smallest absolute Gasteiger partial charge is 0.336 e. The summed E-state index contributed by atoms with van der Waals surface area (Å²) in [7, 11) is 1.51. The standard InChI is InChI=1S/C13H21N3O3/c1-9-5-6-11(19-4)10(7-9)16(14)12(17)15-8-13(2,3)18/h5-7,18H,8,14H2,1-4H3,(H,15,17). The summed E-state index contributed by atoms with van der Waals surface area (Å²) in [6, 6.07) is 4.85. The number of methoxy groups -OCH3 is 1.